The van der Waals surface area contributed by atoms with Gasteiger partial charge in [-0.05, 0) is 12.1 Å². The predicted octanol–water partition coefficient (Wildman–Crippen LogP) is 1.75. The summed E-state index contributed by atoms with van der Waals surface area (Å²) in [4.78, 5) is 0. The molecular weight excluding hydrogens is 150 g/mol. The van der Waals surface area contributed by atoms with E-state index in [1.54, 1.807) is 12.1 Å². The Balaban J connectivity index is 3.07. The minimum atomic E-state index is -0.101. The molecule has 0 unspecified atom stereocenters. The summed E-state index contributed by atoms with van der Waals surface area (Å²) in [5.41, 5.74) is 8.16. The Hall–Kier alpha value is -0.730. The lowest BCUT2D eigenvalue weighted by Gasteiger charge is -1.99. The molecule has 10 heavy (non-hydrogen) atoms. The van der Waals surface area contributed by atoms with Gasteiger partial charge in [0.2, 0.25) is 0 Å². The molecule has 0 fully saturated rings. The molecule has 0 spiro atoms. The molecule has 0 heterocycles. The summed E-state index contributed by atoms with van der Waals surface area (Å²) in [7, 11) is 0. The second-order valence-corrected chi connectivity index (χ2v) is 2.40. The molecule has 0 bridgehead atoms. The normalized spacial score (nSPS) is 9.80. The van der Waals surface area contributed by atoms with Gasteiger partial charge in [-0.25, -0.2) is 0 Å². The third-order valence-corrected chi connectivity index (χ3v) is 1.48. The molecule has 0 amide bonds. The van der Waals surface area contributed by atoms with Crippen LogP contribution in [0.4, 0.5) is 5.69 Å². The van der Waals surface area contributed by atoms with Gasteiger partial charge < -0.3 is 10.8 Å². The lowest BCUT2D eigenvalue weighted by atomic mass is 10.2. The van der Waals surface area contributed by atoms with Gasteiger partial charge in [0.05, 0.1) is 12.3 Å². The Kier molecular flexibility index (Phi) is 2.14. The largest absolute Gasteiger partial charge is 0.392 e. The van der Waals surface area contributed by atoms with E-state index in [4.69, 9.17) is 22.4 Å². The number of benzene rings is 1. The maximum absolute atomic E-state index is 8.65. The van der Waals surface area contributed by atoms with Crippen LogP contribution in [0.2, 0.25) is 5.02 Å². The predicted molar refractivity (Wildman–Crippen MR) is 40.1 cm³/mol. The van der Waals surface area contributed by atoms with Crippen LogP contribution < -0.4 is 5.73 Å². The Labute approximate surface area is 64.2 Å². The zero-order valence-corrected chi connectivity index (χ0v) is 6.02. The topological polar surface area (TPSA) is 44.0 Å². The SMILES string of the molecule is [NH]c1cc(Cl)ccc1CO. The van der Waals surface area contributed by atoms with E-state index in [2.05, 4.69) is 0 Å². The van der Waals surface area contributed by atoms with Gasteiger partial charge in [-0.3, -0.25) is 0 Å². The summed E-state index contributed by atoms with van der Waals surface area (Å²) >= 11 is 5.57. The average molecular weight is 157 g/mol. The molecule has 0 atom stereocenters. The first-order valence-corrected chi connectivity index (χ1v) is 3.22. The fourth-order valence-electron chi connectivity index (χ4n) is 0.687. The van der Waals surface area contributed by atoms with Crippen LogP contribution in [0.3, 0.4) is 0 Å². The summed E-state index contributed by atoms with van der Waals surface area (Å²) in [6.45, 7) is -0.101. The fourth-order valence-corrected chi connectivity index (χ4v) is 0.859. The lowest BCUT2D eigenvalue weighted by molar-refractivity contribution is 0.282. The first-order valence-electron chi connectivity index (χ1n) is 2.85. The molecule has 2 N–H and O–H groups in total. The van der Waals surface area contributed by atoms with Crippen molar-refractivity contribution < 1.29 is 5.11 Å². The maximum Gasteiger partial charge on any atom is 0.0702 e. The quantitative estimate of drug-likeness (QED) is 0.662. The van der Waals surface area contributed by atoms with Gasteiger partial charge in [0, 0.05) is 10.6 Å². The number of halogens is 1. The monoisotopic (exact) mass is 156 g/mol. The molecule has 0 saturated heterocycles. The van der Waals surface area contributed by atoms with Crippen LogP contribution >= 0.6 is 11.6 Å². The Morgan fingerprint density at radius 2 is 2.20 bits per heavy atom. The summed E-state index contributed by atoms with van der Waals surface area (Å²) in [5, 5.41) is 9.18. The second kappa shape index (κ2) is 2.90. The third kappa shape index (κ3) is 1.40. The highest BCUT2D eigenvalue weighted by Crippen LogP contribution is 2.18. The summed E-state index contributed by atoms with van der Waals surface area (Å²) in [5.74, 6) is 0. The van der Waals surface area contributed by atoms with E-state index >= 15 is 0 Å². The van der Waals surface area contributed by atoms with Gasteiger partial charge in [-0.1, -0.05) is 17.7 Å². The minimum absolute atomic E-state index is 0.101. The van der Waals surface area contributed by atoms with Crippen LogP contribution in [0.15, 0.2) is 18.2 Å². The van der Waals surface area contributed by atoms with Gasteiger partial charge in [0.25, 0.3) is 0 Å². The van der Waals surface area contributed by atoms with Crippen LogP contribution in [-0.4, -0.2) is 5.11 Å². The van der Waals surface area contributed by atoms with Gasteiger partial charge in [-0.15, -0.1) is 0 Å². The van der Waals surface area contributed by atoms with Crippen molar-refractivity contribution >= 4 is 17.3 Å². The molecular formula is C7H7ClNO. The molecule has 2 nitrogen and oxygen atoms in total. The van der Waals surface area contributed by atoms with Crippen molar-refractivity contribution in [2.75, 3.05) is 0 Å². The number of aliphatic hydroxyl groups is 1. The van der Waals surface area contributed by atoms with E-state index in [1.807, 2.05) is 0 Å². The first kappa shape index (κ1) is 7.38. The van der Waals surface area contributed by atoms with Crippen molar-refractivity contribution in [2.45, 2.75) is 6.61 Å². The maximum atomic E-state index is 8.65. The average Bonchev–Trinajstić information content (AvgIpc) is 1.88. The summed E-state index contributed by atoms with van der Waals surface area (Å²) in [6.07, 6.45) is 0. The number of rotatable bonds is 1. The highest BCUT2D eigenvalue weighted by molar-refractivity contribution is 6.30. The van der Waals surface area contributed by atoms with Crippen LogP contribution in [0.5, 0.6) is 0 Å². The highest BCUT2D eigenvalue weighted by atomic mass is 35.5. The first-order chi connectivity index (χ1) is 4.74. The van der Waals surface area contributed by atoms with Crippen LogP contribution in [0.25, 0.3) is 0 Å². The lowest BCUT2D eigenvalue weighted by Crippen LogP contribution is -1.84. The number of hydrogen-bond acceptors (Lipinski definition) is 1. The fraction of sp³-hybridized carbons (Fsp3) is 0.143. The van der Waals surface area contributed by atoms with E-state index in [-0.39, 0.29) is 12.3 Å². The van der Waals surface area contributed by atoms with Gasteiger partial charge in [0.15, 0.2) is 0 Å². The molecule has 3 heteroatoms. The van der Waals surface area contributed by atoms with Crippen LogP contribution in [-0.2, 0) is 6.61 Å². The Morgan fingerprint density at radius 3 is 2.70 bits per heavy atom. The number of hydrogen-bond donors (Lipinski definition) is 1. The van der Waals surface area contributed by atoms with E-state index < -0.39 is 0 Å². The molecule has 1 radical (unpaired) electrons. The second-order valence-electron chi connectivity index (χ2n) is 1.96. The standard InChI is InChI=1S/C7H7ClNO/c8-6-2-1-5(4-10)7(9)3-6/h1-3,9-10H,4H2. The van der Waals surface area contributed by atoms with E-state index in [1.165, 1.54) is 6.07 Å². The number of nitrogens with one attached hydrogen (secondary N) is 1. The molecule has 0 aliphatic carbocycles. The van der Waals surface area contributed by atoms with Crippen molar-refractivity contribution in [1.82, 2.24) is 5.73 Å². The Morgan fingerprint density at radius 1 is 1.50 bits per heavy atom. The zero-order valence-electron chi connectivity index (χ0n) is 5.26. The van der Waals surface area contributed by atoms with Crippen molar-refractivity contribution in [3.63, 3.8) is 0 Å². The third-order valence-electron chi connectivity index (χ3n) is 1.24. The molecule has 53 valence electrons. The smallest absolute Gasteiger partial charge is 0.0702 e. The summed E-state index contributed by atoms with van der Waals surface area (Å²) < 4.78 is 0. The molecule has 0 saturated carbocycles. The summed E-state index contributed by atoms with van der Waals surface area (Å²) in [6, 6.07) is 4.81. The van der Waals surface area contributed by atoms with Gasteiger partial charge in [-0.2, -0.15) is 0 Å². The van der Waals surface area contributed by atoms with E-state index in [0.29, 0.717) is 10.6 Å². The van der Waals surface area contributed by atoms with Gasteiger partial charge >= 0.3 is 0 Å². The molecule has 0 aliphatic rings. The highest BCUT2D eigenvalue weighted by Gasteiger charge is 1.97. The van der Waals surface area contributed by atoms with Crippen molar-refractivity contribution in [3.05, 3.63) is 28.8 Å². The molecule has 1 aromatic rings. The molecule has 1 rings (SSSR count). The van der Waals surface area contributed by atoms with Gasteiger partial charge in [0.1, 0.15) is 0 Å². The molecule has 0 aromatic heterocycles. The Bertz CT molecular complexity index is 237. The molecule has 0 aliphatic heterocycles. The van der Waals surface area contributed by atoms with E-state index in [9.17, 15) is 0 Å². The van der Waals surface area contributed by atoms with E-state index in [0.717, 1.165) is 0 Å². The van der Waals surface area contributed by atoms with Crippen molar-refractivity contribution in [1.29, 1.82) is 0 Å². The minimum Gasteiger partial charge on any atom is -0.392 e. The zero-order chi connectivity index (χ0) is 7.56. The number of aliphatic hydroxyl groups excluding tert-OH is 1. The van der Waals surface area contributed by atoms with Crippen molar-refractivity contribution in [3.8, 4) is 0 Å². The van der Waals surface area contributed by atoms with Crippen LogP contribution in [0.1, 0.15) is 5.56 Å². The molecule has 1 aromatic carbocycles. The van der Waals surface area contributed by atoms with Crippen LogP contribution in [0, 0.1) is 0 Å². The van der Waals surface area contributed by atoms with Crippen molar-refractivity contribution in [2.24, 2.45) is 0 Å².